The molecule has 1 aromatic carbocycles. The summed E-state index contributed by atoms with van der Waals surface area (Å²) >= 11 is 1.39. The van der Waals surface area contributed by atoms with Gasteiger partial charge in [0.2, 0.25) is 0 Å². The second-order valence-electron chi connectivity index (χ2n) is 3.35. The SMILES string of the molecule is NCC(F)(c1ccccc1)c1cccs1. The first-order valence-corrected chi connectivity index (χ1v) is 5.64. The second-order valence-corrected chi connectivity index (χ2v) is 4.30. The maximum atomic E-state index is 14.7. The Bertz CT molecular complexity index is 412. The van der Waals surface area contributed by atoms with E-state index in [0.717, 1.165) is 0 Å². The Hall–Kier alpha value is -1.19. The van der Waals surface area contributed by atoms with E-state index in [9.17, 15) is 4.39 Å². The third kappa shape index (κ3) is 1.80. The minimum atomic E-state index is -1.55. The van der Waals surface area contributed by atoms with E-state index in [0.29, 0.717) is 10.4 Å². The highest BCUT2D eigenvalue weighted by atomic mass is 32.1. The number of nitrogens with two attached hydrogens (primary N) is 1. The highest BCUT2D eigenvalue weighted by Crippen LogP contribution is 2.35. The first-order chi connectivity index (χ1) is 7.27. The summed E-state index contributed by atoms with van der Waals surface area (Å²) in [6.07, 6.45) is 0. The molecule has 0 radical (unpaired) electrons. The quantitative estimate of drug-likeness (QED) is 0.847. The van der Waals surface area contributed by atoms with Gasteiger partial charge < -0.3 is 5.73 Å². The first kappa shape index (κ1) is 10.3. The molecule has 2 rings (SSSR count). The highest BCUT2D eigenvalue weighted by molar-refractivity contribution is 7.10. The summed E-state index contributed by atoms with van der Waals surface area (Å²) in [4.78, 5) is 0.663. The van der Waals surface area contributed by atoms with Crippen LogP contribution in [-0.4, -0.2) is 6.54 Å². The molecule has 1 unspecified atom stereocenters. The highest BCUT2D eigenvalue weighted by Gasteiger charge is 2.33. The van der Waals surface area contributed by atoms with Crippen molar-refractivity contribution in [3.63, 3.8) is 0 Å². The summed E-state index contributed by atoms with van der Waals surface area (Å²) in [5, 5.41) is 1.86. The van der Waals surface area contributed by atoms with Gasteiger partial charge in [-0.1, -0.05) is 36.4 Å². The minimum Gasteiger partial charge on any atom is -0.327 e. The summed E-state index contributed by atoms with van der Waals surface area (Å²) < 4.78 is 14.7. The average molecular weight is 221 g/mol. The van der Waals surface area contributed by atoms with Crippen molar-refractivity contribution >= 4 is 11.3 Å². The zero-order valence-corrected chi connectivity index (χ0v) is 9.01. The van der Waals surface area contributed by atoms with Crippen LogP contribution < -0.4 is 5.73 Å². The van der Waals surface area contributed by atoms with Gasteiger partial charge >= 0.3 is 0 Å². The number of benzene rings is 1. The second kappa shape index (κ2) is 4.13. The fourth-order valence-corrected chi connectivity index (χ4v) is 2.42. The van der Waals surface area contributed by atoms with Crippen molar-refractivity contribution in [1.82, 2.24) is 0 Å². The van der Waals surface area contributed by atoms with Crippen LogP contribution in [0.2, 0.25) is 0 Å². The summed E-state index contributed by atoms with van der Waals surface area (Å²) in [7, 11) is 0. The molecule has 0 aliphatic rings. The van der Waals surface area contributed by atoms with Gasteiger partial charge in [0.05, 0.1) is 0 Å². The molecule has 1 heterocycles. The molecule has 0 amide bonds. The molecule has 0 aliphatic heterocycles. The van der Waals surface area contributed by atoms with E-state index in [1.165, 1.54) is 11.3 Å². The molecular formula is C12H12FNS. The lowest BCUT2D eigenvalue weighted by atomic mass is 9.94. The molecule has 1 nitrogen and oxygen atoms in total. The van der Waals surface area contributed by atoms with Gasteiger partial charge in [-0.05, 0) is 17.0 Å². The Morgan fingerprint density at radius 3 is 2.40 bits per heavy atom. The van der Waals surface area contributed by atoms with Crippen molar-refractivity contribution in [3.8, 4) is 0 Å². The van der Waals surface area contributed by atoms with E-state index in [2.05, 4.69) is 0 Å². The number of thiophene rings is 1. The van der Waals surface area contributed by atoms with Crippen molar-refractivity contribution in [1.29, 1.82) is 0 Å². The van der Waals surface area contributed by atoms with Crippen LogP contribution in [0, 0.1) is 0 Å². The van der Waals surface area contributed by atoms with Crippen LogP contribution in [0.1, 0.15) is 10.4 Å². The molecule has 78 valence electrons. The van der Waals surface area contributed by atoms with Gasteiger partial charge in [0.1, 0.15) is 0 Å². The number of hydrogen-bond acceptors (Lipinski definition) is 2. The van der Waals surface area contributed by atoms with Crippen molar-refractivity contribution in [2.24, 2.45) is 5.73 Å². The first-order valence-electron chi connectivity index (χ1n) is 4.76. The van der Waals surface area contributed by atoms with Crippen LogP contribution in [0.5, 0.6) is 0 Å². The van der Waals surface area contributed by atoms with Gasteiger partial charge in [0.25, 0.3) is 0 Å². The Kier molecular flexibility index (Phi) is 2.84. The zero-order chi connectivity index (χ0) is 10.7. The summed E-state index contributed by atoms with van der Waals surface area (Å²) in [6, 6.07) is 12.7. The van der Waals surface area contributed by atoms with Gasteiger partial charge in [-0.3, -0.25) is 0 Å². The standard InChI is InChI=1S/C12H12FNS/c13-12(9-14,11-7-4-8-15-11)10-5-2-1-3-6-10/h1-8H,9,14H2. The fraction of sp³-hybridized carbons (Fsp3) is 0.167. The van der Waals surface area contributed by atoms with Crippen LogP contribution in [-0.2, 0) is 5.67 Å². The Balaban J connectivity index is 2.47. The van der Waals surface area contributed by atoms with Gasteiger partial charge in [-0.15, -0.1) is 11.3 Å². The lowest BCUT2D eigenvalue weighted by Gasteiger charge is -2.22. The molecule has 0 bridgehead atoms. The molecule has 0 saturated carbocycles. The summed E-state index contributed by atoms with van der Waals surface area (Å²) in [5.74, 6) is 0. The van der Waals surface area contributed by atoms with E-state index < -0.39 is 5.67 Å². The normalized spacial score (nSPS) is 14.8. The fourth-order valence-electron chi connectivity index (χ4n) is 1.57. The molecule has 1 aromatic heterocycles. The Morgan fingerprint density at radius 2 is 1.87 bits per heavy atom. The molecule has 2 N–H and O–H groups in total. The van der Waals surface area contributed by atoms with E-state index >= 15 is 0 Å². The topological polar surface area (TPSA) is 26.0 Å². The van der Waals surface area contributed by atoms with Crippen LogP contribution in [0.15, 0.2) is 47.8 Å². The maximum absolute atomic E-state index is 14.7. The van der Waals surface area contributed by atoms with Crippen LogP contribution >= 0.6 is 11.3 Å². The predicted molar refractivity (Wildman–Crippen MR) is 61.7 cm³/mol. The lowest BCUT2D eigenvalue weighted by molar-refractivity contribution is 0.238. The molecule has 0 fully saturated rings. The Morgan fingerprint density at radius 1 is 1.13 bits per heavy atom. The number of halogens is 1. The predicted octanol–water partition coefficient (Wildman–Crippen LogP) is 2.92. The molecule has 0 spiro atoms. The van der Waals surface area contributed by atoms with E-state index in [4.69, 9.17) is 5.73 Å². The van der Waals surface area contributed by atoms with Gasteiger partial charge in [0, 0.05) is 11.4 Å². The smallest absolute Gasteiger partial charge is 0.182 e. The third-order valence-electron chi connectivity index (χ3n) is 2.42. The average Bonchev–Trinajstić information content (AvgIpc) is 2.83. The number of alkyl halides is 1. The van der Waals surface area contributed by atoms with Crippen molar-refractivity contribution in [2.75, 3.05) is 6.54 Å². The van der Waals surface area contributed by atoms with Crippen molar-refractivity contribution in [2.45, 2.75) is 5.67 Å². The molecule has 0 saturated heterocycles. The minimum absolute atomic E-state index is 0.0302. The molecule has 1 atom stereocenters. The van der Waals surface area contributed by atoms with Crippen LogP contribution in [0.4, 0.5) is 4.39 Å². The molecule has 3 heteroatoms. The largest absolute Gasteiger partial charge is 0.327 e. The molecular weight excluding hydrogens is 209 g/mol. The van der Waals surface area contributed by atoms with Gasteiger partial charge in [0.15, 0.2) is 5.67 Å². The zero-order valence-electron chi connectivity index (χ0n) is 8.19. The van der Waals surface area contributed by atoms with Crippen molar-refractivity contribution in [3.05, 3.63) is 58.3 Å². The monoisotopic (exact) mass is 221 g/mol. The van der Waals surface area contributed by atoms with Crippen molar-refractivity contribution < 1.29 is 4.39 Å². The van der Waals surface area contributed by atoms with E-state index in [-0.39, 0.29) is 6.54 Å². The summed E-state index contributed by atoms with van der Waals surface area (Å²) in [5.41, 5.74) is 4.64. The maximum Gasteiger partial charge on any atom is 0.182 e. The molecule has 15 heavy (non-hydrogen) atoms. The number of rotatable bonds is 3. The number of hydrogen-bond donors (Lipinski definition) is 1. The molecule has 2 aromatic rings. The van der Waals surface area contributed by atoms with E-state index in [1.54, 1.807) is 18.2 Å². The van der Waals surface area contributed by atoms with Gasteiger partial charge in [-0.2, -0.15) is 0 Å². The lowest BCUT2D eigenvalue weighted by Crippen LogP contribution is -2.30. The summed E-state index contributed by atoms with van der Waals surface area (Å²) in [6.45, 7) is -0.0302. The van der Waals surface area contributed by atoms with Crippen LogP contribution in [0.25, 0.3) is 0 Å². The Labute approximate surface area is 92.4 Å². The van der Waals surface area contributed by atoms with Crippen LogP contribution in [0.3, 0.4) is 0 Å². The van der Waals surface area contributed by atoms with Gasteiger partial charge in [-0.25, -0.2) is 4.39 Å². The third-order valence-corrected chi connectivity index (χ3v) is 3.43. The molecule has 0 aliphatic carbocycles. The van der Waals surface area contributed by atoms with E-state index in [1.807, 2.05) is 29.6 Å².